The summed E-state index contributed by atoms with van der Waals surface area (Å²) in [6.45, 7) is 8.22. The number of hydrogen-bond acceptors (Lipinski definition) is 7. The normalized spacial score (nSPS) is 19.5. The van der Waals surface area contributed by atoms with E-state index in [0.717, 1.165) is 46.8 Å². The maximum atomic E-state index is 14.1. The Labute approximate surface area is 252 Å². The first-order valence-electron chi connectivity index (χ1n) is 14.3. The minimum Gasteiger partial charge on any atom is -0.443 e. The number of urea groups is 1. The number of aryl methyl sites for hydroxylation is 2. The van der Waals surface area contributed by atoms with Crippen LogP contribution >= 0.6 is 0 Å². The van der Waals surface area contributed by atoms with Gasteiger partial charge in [0, 0.05) is 30.4 Å². The van der Waals surface area contributed by atoms with Crippen LogP contribution in [0.5, 0.6) is 0 Å². The fourth-order valence-electron chi connectivity index (χ4n) is 5.43. The van der Waals surface area contributed by atoms with Gasteiger partial charge in [-0.05, 0) is 84.2 Å². The molecule has 0 radical (unpaired) electrons. The summed E-state index contributed by atoms with van der Waals surface area (Å²) in [7, 11) is 1.50. The van der Waals surface area contributed by atoms with E-state index in [2.05, 4.69) is 10.1 Å². The van der Waals surface area contributed by atoms with Crippen molar-refractivity contribution in [3.63, 3.8) is 0 Å². The molecule has 0 spiro atoms. The average molecular weight is 617 g/mol. The maximum Gasteiger partial charge on any atom is 0.418 e. The summed E-state index contributed by atoms with van der Waals surface area (Å²) >= 11 is 0. The Kier molecular flexibility index (Phi) is 8.08. The molecular formula is C30H35F3N6O5. The predicted octanol–water partition coefficient (Wildman–Crippen LogP) is 5.97. The van der Waals surface area contributed by atoms with Crippen LogP contribution in [0.3, 0.4) is 0 Å². The van der Waals surface area contributed by atoms with E-state index in [4.69, 9.17) is 9.47 Å². The van der Waals surface area contributed by atoms with E-state index in [1.165, 1.54) is 18.9 Å². The van der Waals surface area contributed by atoms with Crippen LogP contribution in [-0.2, 0) is 20.4 Å². The standard InChI is InChI=1S/C30H35F3N6O5/c1-17-13-19(30(31,32)33)14-24(34-17)38-23(16-37(27(38)41)28(42)44-29(3,4)5)26(40)36(6)20-10-11-21-18(2)35-39(22(21)15-20)25-9-7-8-12-43-25/h10-11,13-15,23,25H,7-9,12,16H2,1-6H3/t23-,25?/m0/s1. The highest BCUT2D eigenvalue weighted by Gasteiger charge is 2.48. The molecule has 3 aromatic rings. The summed E-state index contributed by atoms with van der Waals surface area (Å²) in [5.41, 5.74) is -0.0301. The zero-order valence-corrected chi connectivity index (χ0v) is 25.4. The van der Waals surface area contributed by atoms with E-state index < -0.39 is 53.8 Å². The minimum atomic E-state index is -4.73. The van der Waals surface area contributed by atoms with Crippen LogP contribution in [0.15, 0.2) is 30.3 Å². The largest absolute Gasteiger partial charge is 0.443 e. The van der Waals surface area contributed by atoms with Gasteiger partial charge in [-0.1, -0.05) is 0 Å². The zero-order valence-electron chi connectivity index (χ0n) is 25.4. The van der Waals surface area contributed by atoms with Crippen LogP contribution in [0, 0.1) is 13.8 Å². The number of fused-ring (bicyclic) bond motifs is 1. The molecule has 4 amide bonds. The highest BCUT2D eigenvalue weighted by molar-refractivity contribution is 6.11. The molecule has 2 aliphatic rings. The Morgan fingerprint density at radius 3 is 2.45 bits per heavy atom. The summed E-state index contributed by atoms with van der Waals surface area (Å²) in [4.78, 5) is 47.7. The van der Waals surface area contributed by atoms with Crippen LogP contribution in [0.4, 0.5) is 34.3 Å². The van der Waals surface area contributed by atoms with Gasteiger partial charge in [-0.25, -0.2) is 24.2 Å². The second-order valence-electron chi connectivity index (χ2n) is 12.1. The number of halogens is 3. The number of pyridine rings is 1. The molecular weight excluding hydrogens is 581 g/mol. The van der Waals surface area contributed by atoms with Gasteiger partial charge in [-0.15, -0.1) is 0 Å². The number of carbonyl (C=O) groups excluding carboxylic acids is 3. The molecule has 2 aromatic heterocycles. The lowest BCUT2D eigenvalue weighted by Crippen LogP contribution is -2.47. The van der Waals surface area contributed by atoms with Crippen molar-refractivity contribution in [1.29, 1.82) is 0 Å². The first-order valence-corrected chi connectivity index (χ1v) is 14.3. The number of hydrogen-bond donors (Lipinski definition) is 0. The van der Waals surface area contributed by atoms with Gasteiger partial charge in [0.2, 0.25) is 0 Å². The molecule has 2 aliphatic heterocycles. The second kappa shape index (κ2) is 11.4. The van der Waals surface area contributed by atoms with Gasteiger partial charge in [0.15, 0.2) is 6.23 Å². The monoisotopic (exact) mass is 616 g/mol. The number of rotatable bonds is 4. The first-order chi connectivity index (χ1) is 20.5. The summed E-state index contributed by atoms with van der Waals surface area (Å²) in [6, 6.07) is 4.47. The van der Waals surface area contributed by atoms with Crippen molar-refractivity contribution in [3.8, 4) is 0 Å². The number of aromatic nitrogens is 3. The van der Waals surface area contributed by atoms with Gasteiger partial charge in [0.1, 0.15) is 17.5 Å². The fourth-order valence-corrected chi connectivity index (χ4v) is 5.43. The Bertz CT molecular complexity index is 1610. The van der Waals surface area contributed by atoms with Crippen molar-refractivity contribution < 1.29 is 37.0 Å². The molecule has 2 atom stereocenters. The van der Waals surface area contributed by atoms with Crippen molar-refractivity contribution >= 4 is 40.4 Å². The number of ether oxygens (including phenoxy) is 2. The van der Waals surface area contributed by atoms with Crippen molar-refractivity contribution in [2.24, 2.45) is 0 Å². The third kappa shape index (κ3) is 6.07. The molecule has 2 fully saturated rings. The number of amides is 4. The smallest absolute Gasteiger partial charge is 0.418 e. The van der Waals surface area contributed by atoms with Crippen LogP contribution in [0.1, 0.15) is 63.2 Å². The molecule has 4 heterocycles. The lowest BCUT2D eigenvalue weighted by Gasteiger charge is -2.27. The molecule has 1 unspecified atom stereocenters. The van der Waals surface area contributed by atoms with E-state index in [9.17, 15) is 27.6 Å². The number of anilines is 2. The van der Waals surface area contributed by atoms with Crippen LogP contribution in [0.2, 0.25) is 0 Å². The molecule has 236 valence electrons. The lowest BCUT2D eigenvalue weighted by molar-refractivity contribution is -0.137. The van der Waals surface area contributed by atoms with Gasteiger partial charge in [0.25, 0.3) is 5.91 Å². The van der Waals surface area contributed by atoms with E-state index in [0.29, 0.717) is 23.3 Å². The van der Waals surface area contributed by atoms with Crippen LogP contribution < -0.4 is 9.80 Å². The van der Waals surface area contributed by atoms with Crippen molar-refractivity contribution in [1.82, 2.24) is 19.7 Å². The number of imide groups is 1. The Morgan fingerprint density at radius 2 is 1.82 bits per heavy atom. The van der Waals surface area contributed by atoms with Gasteiger partial charge >= 0.3 is 18.3 Å². The van der Waals surface area contributed by atoms with E-state index in [1.807, 2.05) is 13.0 Å². The van der Waals surface area contributed by atoms with E-state index in [1.54, 1.807) is 37.6 Å². The molecule has 11 nitrogen and oxygen atoms in total. The highest BCUT2D eigenvalue weighted by Crippen LogP contribution is 2.35. The van der Waals surface area contributed by atoms with Gasteiger partial charge in [0.05, 0.1) is 23.3 Å². The molecule has 5 rings (SSSR count). The summed E-state index contributed by atoms with van der Waals surface area (Å²) in [5, 5.41) is 5.55. The van der Waals surface area contributed by atoms with Crippen molar-refractivity contribution in [3.05, 3.63) is 47.3 Å². The predicted molar refractivity (Wildman–Crippen MR) is 155 cm³/mol. The summed E-state index contributed by atoms with van der Waals surface area (Å²) in [5.74, 6) is -1.05. The minimum absolute atomic E-state index is 0.0167. The number of alkyl halides is 3. The summed E-state index contributed by atoms with van der Waals surface area (Å²) in [6.07, 6.45) is -3.26. The quantitative estimate of drug-likeness (QED) is 0.355. The third-order valence-electron chi connectivity index (χ3n) is 7.54. The average Bonchev–Trinajstić information content (AvgIpc) is 3.47. The van der Waals surface area contributed by atoms with Gasteiger partial charge in [-0.3, -0.25) is 9.69 Å². The SMILES string of the molecule is Cc1cc(C(F)(F)F)cc(N2C(=O)N(C(=O)OC(C)(C)C)C[C@H]2C(=O)N(C)c2ccc3c(C)nn(C4CCCCO4)c3c2)n1. The number of likely N-dealkylation sites (N-methyl/N-ethyl adjacent to an activating group) is 1. The Hall–Kier alpha value is -4.20. The topological polar surface area (TPSA) is 110 Å². The maximum absolute atomic E-state index is 14.1. The van der Waals surface area contributed by atoms with E-state index >= 15 is 0 Å². The zero-order chi connectivity index (χ0) is 32.1. The highest BCUT2D eigenvalue weighted by atomic mass is 19.4. The fraction of sp³-hybridized carbons (Fsp3) is 0.500. The van der Waals surface area contributed by atoms with Crippen LogP contribution in [-0.4, -0.2) is 69.5 Å². The van der Waals surface area contributed by atoms with Crippen molar-refractivity contribution in [2.75, 3.05) is 30.0 Å². The molecule has 2 saturated heterocycles. The van der Waals surface area contributed by atoms with Gasteiger partial charge < -0.3 is 14.4 Å². The lowest BCUT2D eigenvalue weighted by atomic mass is 10.1. The molecule has 14 heteroatoms. The first kappa shape index (κ1) is 31.2. The Morgan fingerprint density at radius 1 is 1.09 bits per heavy atom. The second-order valence-corrected chi connectivity index (χ2v) is 12.1. The number of nitrogens with zero attached hydrogens (tertiary/aromatic N) is 6. The Balaban J connectivity index is 1.53. The molecule has 1 aromatic carbocycles. The van der Waals surface area contributed by atoms with Crippen molar-refractivity contribution in [2.45, 2.75) is 77.9 Å². The number of carbonyl (C=O) groups is 3. The molecule has 0 bridgehead atoms. The summed E-state index contributed by atoms with van der Waals surface area (Å²) < 4.78 is 54.3. The third-order valence-corrected chi connectivity index (χ3v) is 7.54. The molecule has 44 heavy (non-hydrogen) atoms. The molecule has 0 aliphatic carbocycles. The molecule has 0 N–H and O–H groups in total. The van der Waals surface area contributed by atoms with Crippen LogP contribution in [0.25, 0.3) is 10.9 Å². The number of benzene rings is 1. The van der Waals surface area contributed by atoms with E-state index in [-0.39, 0.29) is 11.9 Å². The van der Waals surface area contributed by atoms with Gasteiger partial charge in [-0.2, -0.15) is 18.3 Å². The molecule has 0 saturated carbocycles.